The summed E-state index contributed by atoms with van der Waals surface area (Å²) in [6.07, 6.45) is 2.56. The number of sulfonamides is 1. The molecule has 0 bridgehead atoms. The van der Waals surface area contributed by atoms with Crippen LogP contribution in [-0.2, 0) is 10.0 Å². The Hall–Kier alpha value is -0.170. The zero-order valence-electron chi connectivity index (χ0n) is 10.6. The third-order valence-corrected chi connectivity index (χ3v) is 5.94. The first kappa shape index (κ1) is 13.3. The van der Waals surface area contributed by atoms with Gasteiger partial charge in [-0.3, -0.25) is 0 Å². The molecule has 5 nitrogen and oxygen atoms in total. The van der Waals surface area contributed by atoms with E-state index in [2.05, 4.69) is 28.9 Å². The molecule has 2 saturated heterocycles. The van der Waals surface area contributed by atoms with Crippen LogP contribution in [0.15, 0.2) is 0 Å². The van der Waals surface area contributed by atoms with E-state index in [4.69, 9.17) is 0 Å². The van der Waals surface area contributed by atoms with Crippen molar-refractivity contribution in [1.82, 2.24) is 14.9 Å². The Labute approximate surface area is 104 Å². The lowest BCUT2D eigenvalue weighted by atomic mass is 10.0. The lowest BCUT2D eigenvalue weighted by molar-refractivity contribution is 0.178. The first-order chi connectivity index (χ1) is 7.99. The highest BCUT2D eigenvalue weighted by molar-refractivity contribution is 7.90. The van der Waals surface area contributed by atoms with Gasteiger partial charge in [-0.25, -0.2) is 13.1 Å². The third-order valence-electron chi connectivity index (χ3n) is 3.99. The van der Waals surface area contributed by atoms with E-state index >= 15 is 0 Å². The van der Waals surface area contributed by atoms with E-state index < -0.39 is 10.0 Å². The number of likely N-dealkylation sites (tertiary alicyclic amines) is 1. The van der Waals surface area contributed by atoms with Gasteiger partial charge in [0.15, 0.2) is 0 Å². The van der Waals surface area contributed by atoms with Gasteiger partial charge in [0.05, 0.1) is 5.25 Å². The summed E-state index contributed by atoms with van der Waals surface area (Å²) in [4.78, 5) is 2.28. The highest BCUT2D eigenvalue weighted by Gasteiger charge is 2.32. The van der Waals surface area contributed by atoms with Gasteiger partial charge in [0.1, 0.15) is 0 Å². The number of rotatable bonds is 3. The van der Waals surface area contributed by atoms with Crippen molar-refractivity contribution >= 4 is 10.0 Å². The van der Waals surface area contributed by atoms with E-state index in [0.717, 1.165) is 32.4 Å². The third kappa shape index (κ3) is 3.19. The molecule has 2 fully saturated rings. The van der Waals surface area contributed by atoms with E-state index in [1.165, 1.54) is 0 Å². The van der Waals surface area contributed by atoms with Crippen LogP contribution in [0, 0.1) is 0 Å². The maximum Gasteiger partial charge on any atom is 0.216 e. The zero-order valence-corrected chi connectivity index (χ0v) is 11.5. The predicted octanol–water partition coefficient (Wildman–Crippen LogP) is -0.250. The van der Waals surface area contributed by atoms with Crippen LogP contribution in [0.2, 0.25) is 0 Å². The Morgan fingerprint density at radius 2 is 2.12 bits per heavy atom. The highest BCUT2D eigenvalue weighted by atomic mass is 32.2. The van der Waals surface area contributed by atoms with Crippen LogP contribution in [0.4, 0.5) is 0 Å². The molecular weight excluding hydrogens is 238 g/mol. The van der Waals surface area contributed by atoms with Crippen LogP contribution in [-0.4, -0.2) is 57.3 Å². The fourth-order valence-electron chi connectivity index (χ4n) is 2.62. The molecule has 2 heterocycles. The number of nitrogens with one attached hydrogen (secondary N) is 2. The summed E-state index contributed by atoms with van der Waals surface area (Å²) in [5.41, 5.74) is 0. The minimum Gasteiger partial charge on any atom is -0.315 e. The number of hydrogen-bond acceptors (Lipinski definition) is 4. The summed E-state index contributed by atoms with van der Waals surface area (Å²) in [6.45, 7) is 4.53. The van der Waals surface area contributed by atoms with Crippen molar-refractivity contribution in [3.8, 4) is 0 Å². The molecule has 0 amide bonds. The SMILES string of the molecule is CC1CC(NS(=O)(=O)C2CCNC2)CCN1C. The number of nitrogens with zero attached hydrogens (tertiary/aromatic N) is 1. The molecule has 6 heteroatoms. The van der Waals surface area contributed by atoms with Gasteiger partial charge >= 0.3 is 0 Å². The summed E-state index contributed by atoms with van der Waals surface area (Å²) < 4.78 is 27.1. The fourth-order valence-corrected chi connectivity index (χ4v) is 4.25. The van der Waals surface area contributed by atoms with E-state index in [0.29, 0.717) is 12.6 Å². The number of hydrogen-bond donors (Lipinski definition) is 2. The van der Waals surface area contributed by atoms with Crippen molar-refractivity contribution in [2.45, 2.75) is 43.5 Å². The summed E-state index contributed by atoms with van der Waals surface area (Å²) in [5, 5.41) is 2.87. The van der Waals surface area contributed by atoms with E-state index in [1.807, 2.05) is 0 Å². The zero-order chi connectivity index (χ0) is 12.5. The Balaban J connectivity index is 1.92. The molecule has 100 valence electrons. The molecule has 0 radical (unpaired) electrons. The summed E-state index contributed by atoms with van der Waals surface area (Å²) >= 11 is 0. The van der Waals surface area contributed by atoms with Crippen molar-refractivity contribution in [2.75, 3.05) is 26.7 Å². The van der Waals surface area contributed by atoms with Crippen LogP contribution >= 0.6 is 0 Å². The van der Waals surface area contributed by atoms with Gasteiger partial charge < -0.3 is 10.2 Å². The molecule has 0 aromatic heterocycles. The second-order valence-corrected chi connectivity index (χ2v) is 7.32. The van der Waals surface area contributed by atoms with Gasteiger partial charge in [0.2, 0.25) is 10.0 Å². The smallest absolute Gasteiger partial charge is 0.216 e. The van der Waals surface area contributed by atoms with E-state index in [9.17, 15) is 8.42 Å². The molecule has 2 rings (SSSR count). The topological polar surface area (TPSA) is 61.4 Å². The van der Waals surface area contributed by atoms with Crippen molar-refractivity contribution in [1.29, 1.82) is 0 Å². The Morgan fingerprint density at radius 1 is 1.35 bits per heavy atom. The van der Waals surface area contributed by atoms with Crippen molar-refractivity contribution in [2.24, 2.45) is 0 Å². The average molecular weight is 261 g/mol. The van der Waals surface area contributed by atoms with Gasteiger partial charge in [-0.05, 0) is 46.3 Å². The molecule has 0 saturated carbocycles. The monoisotopic (exact) mass is 261 g/mol. The molecule has 2 N–H and O–H groups in total. The lowest BCUT2D eigenvalue weighted by Gasteiger charge is -2.35. The number of piperidine rings is 1. The Morgan fingerprint density at radius 3 is 2.71 bits per heavy atom. The summed E-state index contributed by atoms with van der Waals surface area (Å²) in [6, 6.07) is 0.574. The molecule has 2 aliphatic rings. The maximum absolute atomic E-state index is 12.1. The van der Waals surface area contributed by atoms with Crippen molar-refractivity contribution in [3.05, 3.63) is 0 Å². The fraction of sp³-hybridized carbons (Fsp3) is 1.00. The van der Waals surface area contributed by atoms with Gasteiger partial charge in [0, 0.05) is 18.6 Å². The minimum atomic E-state index is -3.13. The van der Waals surface area contributed by atoms with Gasteiger partial charge in [0.25, 0.3) is 0 Å². The molecule has 3 unspecified atom stereocenters. The van der Waals surface area contributed by atoms with Crippen LogP contribution < -0.4 is 10.0 Å². The molecule has 0 aromatic carbocycles. The van der Waals surface area contributed by atoms with E-state index in [1.54, 1.807) is 0 Å². The molecular formula is C11H23N3O2S. The predicted molar refractivity (Wildman–Crippen MR) is 68.4 cm³/mol. The van der Waals surface area contributed by atoms with Gasteiger partial charge in [-0.1, -0.05) is 0 Å². The standard InChI is InChI=1S/C11H23N3O2S/c1-9-7-10(4-6-14(9)2)13-17(15,16)11-3-5-12-8-11/h9-13H,3-8H2,1-2H3. The molecule has 0 spiro atoms. The van der Waals surface area contributed by atoms with Crippen LogP contribution in [0.5, 0.6) is 0 Å². The second kappa shape index (κ2) is 5.22. The maximum atomic E-state index is 12.1. The molecule has 0 aromatic rings. The van der Waals surface area contributed by atoms with Crippen molar-refractivity contribution < 1.29 is 8.42 Å². The Bertz CT molecular complexity index is 352. The molecule has 3 atom stereocenters. The first-order valence-corrected chi connectivity index (χ1v) is 7.96. The van der Waals surface area contributed by atoms with Crippen LogP contribution in [0.25, 0.3) is 0 Å². The molecule has 17 heavy (non-hydrogen) atoms. The average Bonchev–Trinajstić information content (AvgIpc) is 2.77. The molecule has 0 aliphatic carbocycles. The minimum absolute atomic E-state index is 0.117. The quantitative estimate of drug-likeness (QED) is 0.735. The largest absolute Gasteiger partial charge is 0.315 e. The summed E-state index contributed by atoms with van der Waals surface area (Å²) in [5.74, 6) is 0. The highest BCUT2D eigenvalue weighted by Crippen LogP contribution is 2.18. The van der Waals surface area contributed by atoms with Crippen molar-refractivity contribution in [3.63, 3.8) is 0 Å². The first-order valence-electron chi connectivity index (χ1n) is 6.41. The normalized spacial score (nSPS) is 36.2. The second-order valence-electron chi connectivity index (χ2n) is 5.33. The lowest BCUT2D eigenvalue weighted by Crippen LogP contribution is -2.49. The van der Waals surface area contributed by atoms with Gasteiger partial charge in [-0.2, -0.15) is 0 Å². The van der Waals surface area contributed by atoms with Gasteiger partial charge in [-0.15, -0.1) is 0 Å². The van der Waals surface area contributed by atoms with Crippen LogP contribution in [0.1, 0.15) is 26.2 Å². The Kier molecular flexibility index (Phi) is 4.07. The van der Waals surface area contributed by atoms with E-state index in [-0.39, 0.29) is 11.3 Å². The van der Waals surface area contributed by atoms with Crippen LogP contribution in [0.3, 0.4) is 0 Å². The summed E-state index contributed by atoms with van der Waals surface area (Å²) in [7, 11) is -1.04. The molecule has 2 aliphatic heterocycles.